The Morgan fingerprint density at radius 1 is 1.19 bits per heavy atom. The van der Waals surface area contributed by atoms with Gasteiger partial charge in [-0.05, 0) is 42.5 Å². The first-order valence-corrected chi connectivity index (χ1v) is 10.2. The highest BCUT2D eigenvalue weighted by atomic mass is 19.4. The highest BCUT2D eigenvalue weighted by molar-refractivity contribution is 5.99. The summed E-state index contributed by atoms with van der Waals surface area (Å²) in [5.41, 5.74) is -3.26. The van der Waals surface area contributed by atoms with Crippen LogP contribution in [-0.2, 0) is 26.3 Å². The van der Waals surface area contributed by atoms with Crippen LogP contribution in [0.2, 0.25) is 0 Å². The Bertz CT molecular complexity index is 1060. The molecule has 0 fully saturated rings. The molecule has 0 aromatic heterocycles. The molecule has 0 saturated heterocycles. The highest BCUT2D eigenvalue weighted by Crippen LogP contribution is 2.60. The van der Waals surface area contributed by atoms with Crippen LogP contribution in [0.5, 0.6) is 0 Å². The second kappa shape index (κ2) is 7.88. The maximum atomic E-state index is 14.5. The largest absolute Gasteiger partial charge is 0.447 e. The minimum Gasteiger partial charge on any atom is -0.447 e. The summed E-state index contributed by atoms with van der Waals surface area (Å²) in [7, 11) is 0. The summed E-state index contributed by atoms with van der Waals surface area (Å²) in [5, 5.41) is 10.0. The van der Waals surface area contributed by atoms with Crippen molar-refractivity contribution in [3.8, 4) is 0 Å². The van der Waals surface area contributed by atoms with Crippen LogP contribution in [0.15, 0.2) is 42.5 Å². The van der Waals surface area contributed by atoms with Crippen molar-refractivity contribution in [3.05, 3.63) is 64.7 Å². The molecule has 0 radical (unpaired) electrons. The molecule has 2 aliphatic rings. The Hall–Kier alpha value is -2.94. The van der Waals surface area contributed by atoms with E-state index in [4.69, 9.17) is 4.74 Å². The quantitative estimate of drug-likeness (QED) is 0.554. The average Bonchev–Trinajstić information content (AvgIpc) is 2.97. The number of amides is 1. The van der Waals surface area contributed by atoms with Crippen LogP contribution in [0.25, 0.3) is 0 Å². The van der Waals surface area contributed by atoms with Crippen LogP contribution < -0.4 is 4.90 Å². The second-order valence-electron chi connectivity index (χ2n) is 8.04. The molecule has 1 aliphatic heterocycles. The van der Waals surface area contributed by atoms with Gasteiger partial charge in [-0.3, -0.25) is 9.59 Å². The van der Waals surface area contributed by atoms with Crippen molar-refractivity contribution in [2.45, 2.75) is 50.2 Å². The van der Waals surface area contributed by atoms with Gasteiger partial charge >= 0.3 is 12.1 Å². The smallest absolute Gasteiger partial charge is 0.424 e. The molecule has 9 heteroatoms. The van der Waals surface area contributed by atoms with Gasteiger partial charge in [-0.1, -0.05) is 30.3 Å². The van der Waals surface area contributed by atoms with E-state index >= 15 is 0 Å². The molecule has 32 heavy (non-hydrogen) atoms. The average molecular weight is 451 g/mol. The van der Waals surface area contributed by atoms with Gasteiger partial charge in [0.2, 0.25) is 11.7 Å². The van der Waals surface area contributed by atoms with Crippen molar-refractivity contribution in [3.63, 3.8) is 0 Å². The summed E-state index contributed by atoms with van der Waals surface area (Å²) >= 11 is 0. The number of nitrogens with zero attached hydrogens (tertiary/aromatic N) is 1. The number of anilines is 1. The summed E-state index contributed by atoms with van der Waals surface area (Å²) in [5.74, 6) is -1.24. The Morgan fingerprint density at radius 3 is 2.50 bits per heavy atom. The maximum absolute atomic E-state index is 14.5. The van der Waals surface area contributed by atoms with Gasteiger partial charge in [0.1, 0.15) is 0 Å². The number of benzene rings is 2. The molecule has 1 aliphatic carbocycles. The molecule has 4 rings (SSSR count). The molecule has 0 spiro atoms. The number of aryl methyl sites for hydroxylation is 1. The standard InChI is InChI=1S/C23H21F4NO4/c1-13(29)32-19(14-7-3-2-4-8-14)21(30)28-10-6-5-9-15-11-17-16(12-18(15)28)20(24)22(17,31)23(25,26)27/h2-4,7-8,11-12,19-20,31H,5-6,9-10H2,1H3/t19-,20?,22?/m0/s1. The van der Waals surface area contributed by atoms with Crippen LogP contribution in [0.1, 0.15) is 54.3 Å². The molecule has 1 heterocycles. The van der Waals surface area contributed by atoms with Crippen molar-refractivity contribution in [2.75, 3.05) is 11.4 Å². The van der Waals surface area contributed by atoms with E-state index in [-0.39, 0.29) is 17.8 Å². The van der Waals surface area contributed by atoms with Crippen molar-refractivity contribution in [2.24, 2.45) is 0 Å². The fraction of sp³-hybridized carbons (Fsp3) is 0.391. The first-order chi connectivity index (χ1) is 15.1. The van der Waals surface area contributed by atoms with Gasteiger partial charge in [0, 0.05) is 30.3 Å². The maximum Gasteiger partial charge on any atom is 0.424 e. The first-order valence-electron chi connectivity index (χ1n) is 10.2. The van der Waals surface area contributed by atoms with Gasteiger partial charge in [-0.2, -0.15) is 13.2 Å². The molecule has 2 aromatic carbocycles. The van der Waals surface area contributed by atoms with Gasteiger partial charge in [0.25, 0.3) is 5.91 Å². The predicted octanol–water partition coefficient (Wildman–Crippen LogP) is 4.43. The minimum atomic E-state index is -5.17. The third kappa shape index (κ3) is 3.44. The van der Waals surface area contributed by atoms with Crippen LogP contribution in [-0.4, -0.2) is 29.7 Å². The van der Waals surface area contributed by atoms with Crippen LogP contribution in [0.4, 0.5) is 23.2 Å². The summed E-state index contributed by atoms with van der Waals surface area (Å²) in [6.07, 6.45) is -7.57. The molecule has 3 atom stereocenters. The zero-order chi connectivity index (χ0) is 23.3. The van der Waals surface area contributed by atoms with E-state index in [9.17, 15) is 32.3 Å². The number of halogens is 4. The van der Waals surface area contributed by atoms with E-state index < -0.39 is 41.5 Å². The second-order valence-corrected chi connectivity index (χ2v) is 8.04. The number of aliphatic hydroxyl groups is 1. The lowest BCUT2D eigenvalue weighted by atomic mass is 9.70. The number of esters is 1. The number of hydrogen-bond donors (Lipinski definition) is 1. The first kappa shape index (κ1) is 22.3. The third-order valence-corrected chi connectivity index (χ3v) is 5.98. The number of hydrogen-bond acceptors (Lipinski definition) is 4. The van der Waals surface area contributed by atoms with E-state index in [1.807, 2.05) is 0 Å². The lowest BCUT2D eigenvalue weighted by Crippen LogP contribution is -2.53. The monoisotopic (exact) mass is 451 g/mol. The van der Waals surface area contributed by atoms with E-state index in [0.717, 1.165) is 6.07 Å². The number of fused-ring (bicyclic) bond motifs is 2. The number of carbonyl (C=O) groups is 2. The van der Waals surface area contributed by atoms with Crippen molar-refractivity contribution in [1.82, 2.24) is 0 Å². The molecular formula is C23H21F4NO4. The Morgan fingerprint density at radius 2 is 1.88 bits per heavy atom. The summed E-state index contributed by atoms with van der Waals surface area (Å²) in [6.45, 7) is 1.41. The van der Waals surface area contributed by atoms with Crippen LogP contribution >= 0.6 is 0 Å². The van der Waals surface area contributed by atoms with Gasteiger partial charge in [-0.25, -0.2) is 4.39 Å². The fourth-order valence-electron chi connectivity index (χ4n) is 4.35. The van der Waals surface area contributed by atoms with E-state index in [2.05, 4.69) is 0 Å². The normalized spacial score (nSPS) is 23.3. The predicted molar refractivity (Wildman–Crippen MR) is 106 cm³/mol. The Balaban J connectivity index is 1.77. The molecular weight excluding hydrogens is 430 g/mol. The summed E-state index contributed by atoms with van der Waals surface area (Å²) in [4.78, 5) is 26.5. The van der Waals surface area contributed by atoms with Crippen LogP contribution in [0, 0.1) is 0 Å². The third-order valence-electron chi connectivity index (χ3n) is 5.98. The summed E-state index contributed by atoms with van der Waals surface area (Å²) < 4.78 is 59.8. The highest BCUT2D eigenvalue weighted by Gasteiger charge is 2.68. The van der Waals surface area contributed by atoms with Gasteiger partial charge in [0.15, 0.2) is 6.17 Å². The van der Waals surface area contributed by atoms with Gasteiger partial charge in [-0.15, -0.1) is 0 Å². The lowest BCUT2D eigenvalue weighted by Gasteiger charge is -2.44. The molecule has 5 nitrogen and oxygen atoms in total. The number of rotatable bonds is 3. The minimum absolute atomic E-state index is 0.232. The van der Waals surface area contributed by atoms with E-state index in [1.165, 1.54) is 17.9 Å². The topological polar surface area (TPSA) is 66.8 Å². The Labute approximate surface area is 181 Å². The molecule has 1 amide bonds. The number of ether oxygens (including phenoxy) is 1. The number of carbonyl (C=O) groups excluding carboxylic acids is 2. The molecule has 1 N–H and O–H groups in total. The Kier molecular flexibility index (Phi) is 5.48. The fourth-order valence-corrected chi connectivity index (χ4v) is 4.35. The molecule has 0 saturated carbocycles. The molecule has 2 unspecified atom stereocenters. The van der Waals surface area contributed by atoms with Crippen molar-refractivity contribution >= 4 is 17.6 Å². The molecule has 0 bridgehead atoms. The number of alkyl halides is 4. The molecule has 2 aromatic rings. The zero-order valence-corrected chi connectivity index (χ0v) is 17.2. The van der Waals surface area contributed by atoms with Gasteiger partial charge < -0.3 is 14.7 Å². The van der Waals surface area contributed by atoms with E-state index in [0.29, 0.717) is 30.4 Å². The summed E-state index contributed by atoms with van der Waals surface area (Å²) in [6, 6.07) is 10.7. The zero-order valence-electron chi connectivity index (χ0n) is 17.2. The molecule has 170 valence electrons. The SMILES string of the molecule is CC(=O)O[C@H](C(=O)N1CCCCc2cc3c(cc21)C(F)C3(O)C(F)(F)F)c1ccccc1. The van der Waals surface area contributed by atoms with Crippen LogP contribution in [0.3, 0.4) is 0 Å². The van der Waals surface area contributed by atoms with Crippen molar-refractivity contribution in [1.29, 1.82) is 0 Å². The van der Waals surface area contributed by atoms with Gasteiger partial charge in [0.05, 0.1) is 0 Å². The van der Waals surface area contributed by atoms with Crippen molar-refractivity contribution < 1.29 is 37.0 Å². The lowest BCUT2D eigenvalue weighted by molar-refractivity contribution is -0.302. The van der Waals surface area contributed by atoms with E-state index in [1.54, 1.807) is 30.3 Å².